The van der Waals surface area contributed by atoms with Crippen molar-refractivity contribution in [2.75, 3.05) is 6.61 Å². The zero-order valence-corrected chi connectivity index (χ0v) is 15.7. The first-order valence-electron chi connectivity index (χ1n) is 4.74. The summed E-state index contributed by atoms with van der Waals surface area (Å²) in [6.07, 6.45) is 0.265. The predicted molar refractivity (Wildman–Crippen MR) is 55.6 cm³/mol. The maximum atomic E-state index is 11.3. The molecule has 9 heteroatoms. The second-order valence-corrected chi connectivity index (χ2v) is 3.49. The first-order chi connectivity index (χ1) is 7.61. The number of halogens is 1. The molecule has 1 aliphatic heterocycles. The zero-order chi connectivity index (χ0) is 11.7. The van der Waals surface area contributed by atoms with Crippen molar-refractivity contribution in [1.29, 1.82) is 0 Å². The monoisotopic (exact) mass is 464 g/mol. The van der Waals surface area contributed by atoms with Crippen LogP contribution in [0.5, 0.6) is 5.88 Å². The van der Waals surface area contributed by atoms with Crippen molar-refractivity contribution < 1.29 is 47.7 Å². The van der Waals surface area contributed by atoms with Gasteiger partial charge < -0.3 is 20.1 Å². The summed E-state index contributed by atoms with van der Waals surface area (Å²) in [7, 11) is 0. The molecule has 0 bridgehead atoms. The Morgan fingerprint density at radius 2 is 2.33 bits per heavy atom. The van der Waals surface area contributed by atoms with E-state index in [-0.39, 0.29) is 53.1 Å². The molecule has 1 aromatic rings. The number of rotatable bonds is 2. The van der Waals surface area contributed by atoms with Gasteiger partial charge in [-0.1, -0.05) is 0 Å². The molecule has 1 aromatic heterocycles. The van der Waals surface area contributed by atoms with Crippen LogP contribution in [0.2, 0.25) is 0 Å². The van der Waals surface area contributed by atoms with E-state index in [0.717, 1.165) is 10.6 Å². The van der Waals surface area contributed by atoms with Crippen molar-refractivity contribution in [3.05, 3.63) is 22.7 Å². The van der Waals surface area contributed by atoms with Crippen molar-refractivity contribution in [3.8, 4) is 5.88 Å². The molecule has 96 valence electrons. The van der Waals surface area contributed by atoms with Crippen LogP contribution in [0, 0.1) is 6.20 Å². The summed E-state index contributed by atoms with van der Waals surface area (Å²) in [6, 6.07) is 1.02. The third-order valence-corrected chi connectivity index (χ3v) is 2.41. The molecule has 2 rings (SSSR count). The van der Waals surface area contributed by atoms with Crippen molar-refractivity contribution in [2.45, 2.75) is 24.9 Å². The van der Waals surface area contributed by atoms with E-state index in [4.69, 9.17) is 9.84 Å². The molecule has 0 spiro atoms. The van der Waals surface area contributed by atoms with Crippen LogP contribution in [0.25, 0.3) is 0 Å². The largest absolute Gasteiger partial charge is 1.00 e. The number of aromatic nitrogens is 2. The molecular weight excluding hydrogens is 452 g/mol. The van der Waals surface area contributed by atoms with Gasteiger partial charge >= 0.3 is 33.4 Å². The first kappa shape index (κ1) is 17.8. The summed E-state index contributed by atoms with van der Waals surface area (Å²) in [4.78, 5) is 14.5. The van der Waals surface area contributed by atoms with E-state index in [0.29, 0.717) is 0 Å². The average Bonchev–Trinajstić information content (AvgIpc) is 2.59. The number of nitrogens with zero attached hydrogens (tertiary/aromatic N) is 2. The molecule has 1 aliphatic rings. The summed E-state index contributed by atoms with van der Waals surface area (Å²) in [5.41, 5.74) is -0.775. The summed E-state index contributed by atoms with van der Waals surface area (Å²) < 4.78 is 6.22. The number of hydrogen-bond donors (Lipinski definition) is 2. The molecule has 1 fully saturated rings. The third-order valence-electron chi connectivity index (χ3n) is 2.41. The minimum absolute atomic E-state index is 0. The normalized spacial score (nSPS) is 26.2. The summed E-state index contributed by atoms with van der Waals surface area (Å²) in [5, 5.41) is 29.1. The Morgan fingerprint density at radius 3 is 2.83 bits per heavy atom. The minimum Gasteiger partial charge on any atom is -0.858 e. The minimum atomic E-state index is -0.845. The molecule has 0 unspecified atom stereocenters. The van der Waals surface area contributed by atoms with Crippen molar-refractivity contribution in [2.24, 2.45) is 0 Å². The molecule has 3 atom stereocenters. The molecule has 2 N–H and O–H groups in total. The van der Waals surface area contributed by atoms with E-state index in [2.05, 4.69) is 11.2 Å². The van der Waals surface area contributed by atoms with E-state index in [1.54, 1.807) is 0 Å². The van der Waals surface area contributed by atoms with Gasteiger partial charge in [-0.05, 0) is 11.9 Å². The Hall–Kier alpha value is -0.215. The number of ether oxygens (including phenoxy) is 1. The van der Waals surface area contributed by atoms with Crippen LogP contribution in [-0.2, 0) is 32.4 Å². The van der Waals surface area contributed by atoms with Crippen LogP contribution in [0.4, 0.5) is 0 Å². The van der Waals surface area contributed by atoms with Gasteiger partial charge in [0, 0.05) is 6.42 Å². The van der Waals surface area contributed by atoms with Gasteiger partial charge in [-0.2, -0.15) is 0 Å². The standard InChI is InChI=1S/C9H11N2O5.ClH.Hg/c12-4-6-5(13)3-8(16-6)11-2-1-7(14)10-9(11)15;;/h1,5-6,8,12-13H,3-4H2,(H,10,14,15);1H;/q;;+1/p-1/t5-,6+,8+;;/m0../s1. The molecule has 0 amide bonds. The zero-order valence-electron chi connectivity index (χ0n) is 9.35. The maximum absolute atomic E-state index is 11.3. The Bertz CT molecular complexity index is 443. The fourth-order valence-corrected chi connectivity index (χ4v) is 1.60. The SMILES string of the molecule is Cl.O=c1nc([O-])c[c]n1[C@H]1C[C@H](O)[C@@H](CO)O1.[Hg+]. The maximum Gasteiger partial charge on any atom is 1.00 e. The second kappa shape index (κ2) is 7.39. The summed E-state index contributed by atoms with van der Waals surface area (Å²) >= 11 is 0. The predicted octanol–water partition coefficient (Wildman–Crippen LogP) is -1.82. The molecular formula is C9H11ClHgN2O5. The van der Waals surface area contributed by atoms with Crippen molar-refractivity contribution in [3.63, 3.8) is 0 Å². The Balaban J connectivity index is 0.00000144. The van der Waals surface area contributed by atoms with Crippen molar-refractivity contribution in [1.82, 2.24) is 9.55 Å². The van der Waals surface area contributed by atoms with E-state index in [9.17, 15) is 15.0 Å². The van der Waals surface area contributed by atoms with Crippen LogP contribution >= 0.6 is 12.4 Å². The Morgan fingerprint density at radius 1 is 1.67 bits per heavy atom. The van der Waals surface area contributed by atoms with E-state index < -0.39 is 30.0 Å². The fraction of sp³-hybridized carbons (Fsp3) is 0.556. The number of aliphatic hydroxyl groups excluding tert-OH is 2. The van der Waals surface area contributed by atoms with Gasteiger partial charge in [0.1, 0.15) is 12.3 Å². The summed E-state index contributed by atoms with van der Waals surface area (Å²) in [6.45, 7) is -0.334. The first-order valence-corrected chi connectivity index (χ1v) is 4.74. The van der Waals surface area contributed by atoms with Gasteiger partial charge in [-0.25, -0.2) is 9.78 Å². The molecule has 0 aromatic carbocycles. The Labute approximate surface area is 129 Å². The van der Waals surface area contributed by atoms with E-state index in [1.165, 1.54) is 0 Å². The topological polar surface area (TPSA) is 108 Å². The van der Waals surface area contributed by atoms with Gasteiger partial charge in [0.2, 0.25) is 0 Å². The second-order valence-electron chi connectivity index (χ2n) is 3.49. The van der Waals surface area contributed by atoms with Gasteiger partial charge in [-0.15, -0.1) is 12.4 Å². The van der Waals surface area contributed by atoms with E-state index >= 15 is 0 Å². The molecule has 2 heterocycles. The quantitative estimate of drug-likeness (QED) is 0.501. The van der Waals surface area contributed by atoms with Crippen molar-refractivity contribution >= 4 is 12.4 Å². The van der Waals surface area contributed by atoms with Crippen LogP contribution < -0.4 is 10.8 Å². The van der Waals surface area contributed by atoms with E-state index in [1.807, 2.05) is 0 Å². The van der Waals surface area contributed by atoms with Gasteiger partial charge in [-0.3, -0.25) is 4.57 Å². The Kier molecular flexibility index (Phi) is 7.30. The van der Waals surface area contributed by atoms with Gasteiger partial charge in [0.05, 0.1) is 18.9 Å². The smallest absolute Gasteiger partial charge is 0.858 e. The van der Waals surface area contributed by atoms with Crippen LogP contribution in [0.3, 0.4) is 0 Å². The van der Waals surface area contributed by atoms with Gasteiger partial charge in [0.15, 0.2) is 0 Å². The number of aliphatic hydroxyl groups is 2. The third kappa shape index (κ3) is 3.64. The van der Waals surface area contributed by atoms with Crippen LogP contribution in [-0.4, -0.2) is 38.6 Å². The molecule has 0 aliphatic carbocycles. The molecule has 7 nitrogen and oxygen atoms in total. The van der Waals surface area contributed by atoms with Gasteiger partial charge in [0.25, 0.3) is 0 Å². The molecule has 1 saturated heterocycles. The van der Waals surface area contributed by atoms with Crippen LogP contribution in [0.15, 0.2) is 10.9 Å². The molecule has 2 radical (unpaired) electrons. The fourth-order valence-electron chi connectivity index (χ4n) is 1.60. The van der Waals surface area contributed by atoms with Crippen LogP contribution in [0.1, 0.15) is 12.6 Å². The average molecular weight is 463 g/mol. The molecule has 18 heavy (non-hydrogen) atoms. The number of hydrogen-bond acceptors (Lipinski definition) is 6. The molecule has 0 saturated carbocycles. The summed E-state index contributed by atoms with van der Waals surface area (Å²) in [5.74, 6) is -0.668.